The molecular weight excluding hydrogens is 623 g/mol. The predicted molar refractivity (Wildman–Crippen MR) is 211 cm³/mol. The molecule has 0 unspecified atom stereocenters. The molecule has 0 aliphatic rings. The first-order valence-corrected chi connectivity index (χ1v) is 17.1. The normalized spacial score (nSPS) is 11.1. The fraction of sp³-hybridized carbons (Fsp3) is 0. The van der Waals surface area contributed by atoms with Gasteiger partial charge in [-0.15, -0.1) is 5.10 Å². The van der Waals surface area contributed by atoms with Gasteiger partial charge in [-0.05, 0) is 84.4 Å². The largest absolute Gasteiger partial charge is 0.311 e. The van der Waals surface area contributed by atoms with E-state index in [0.717, 1.165) is 72.9 Å². The highest BCUT2D eigenvalue weighted by Crippen LogP contribution is 2.38. The van der Waals surface area contributed by atoms with Crippen molar-refractivity contribution in [3.05, 3.63) is 200 Å². The zero-order valence-electron chi connectivity index (χ0n) is 27.8. The van der Waals surface area contributed by atoms with E-state index in [4.69, 9.17) is 10.3 Å². The molecule has 2 heterocycles. The van der Waals surface area contributed by atoms with Crippen LogP contribution in [0.15, 0.2) is 200 Å². The molecule has 0 radical (unpaired) electrons. The van der Waals surface area contributed by atoms with Gasteiger partial charge in [0.05, 0.1) is 11.0 Å². The summed E-state index contributed by atoms with van der Waals surface area (Å²) in [5, 5.41) is 10.6. The van der Waals surface area contributed by atoms with Crippen LogP contribution in [0.3, 0.4) is 0 Å². The average Bonchev–Trinajstić information content (AvgIpc) is 3.65. The Morgan fingerprint density at radius 1 is 0.353 bits per heavy atom. The van der Waals surface area contributed by atoms with E-state index in [-0.39, 0.29) is 0 Å². The van der Waals surface area contributed by atoms with E-state index in [1.54, 1.807) is 0 Å². The molecule has 2 aromatic heterocycles. The summed E-state index contributed by atoms with van der Waals surface area (Å²) < 4.78 is 1.99. The third kappa shape index (κ3) is 5.67. The molecule has 9 aromatic rings. The summed E-state index contributed by atoms with van der Waals surface area (Å²) in [6.45, 7) is 0. The Morgan fingerprint density at radius 2 is 0.784 bits per heavy atom. The summed E-state index contributed by atoms with van der Waals surface area (Å²) in [7, 11) is 0. The number of anilines is 6. The second-order valence-electron chi connectivity index (χ2n) is 12.4. The zero-order chi connectivity index (χ0) is 34.0. The molecule has 0 aliphatic heterocycles. The van der Waals surface area contributed by atoms with E-state index in [0.29, 0.717) is 0 Å². The smallest absolute Gasteiger partial charge is 0.120 e. The van der Waals surface area contributed by atoms with Crippen LogP contribution in [0.4, 0.5) is 34.1 Å². The SMILES string of the molecule is c1ccc(N(c2ccccc2)c2ccc(-c3nnn4c3ccc3cccc(-c5ccc(N(c6ccccc6)c6ccccc6)cc5)c34)cc2)cc1. The van der Waals surface area contributed by atoms with Crippen molar-refractivity contribution in [2.45, 2.75) is 0 Å². The van der Waals surface area contributed by atoms with Crippen molar-refractivity contribution in [1.82, 2.24) is 14.8 Å². The number of nitrogens with zero attached hydrogens (tertiary/aromatic N) is 5. The average molecular weight is 656 g/mol. The molecule has 0 spiro atoms. The lowest BCUT2D eigenvalue weighted by Gasteiger charge is -2.25. The Hall–Kier alpha value is -6.98. The van der Waals surface area contributed by atoms with Gasteiger partial charge >= 0.3 is 0 Å². The first-order chi connectivity index (χ1) is 25.3. The molecule has 0 saturated heterocycles. The molecular formula is C46H33N5. The van der Waals surface area contributed by atoms with Crippen LogP contribution in [-0.2, 0) is 0 Å². The Balaban J connectivity index is 1.09. The van der Waals surface area contributed by atoms with Crippen molar-refractivity contribution >= 4 is 50.5 Å². The number of hydrogen-bond donors (Lipinski definition) is 0. The second kappa shape index (κ2) is 13.1. The van der Waals surface area contributed by atoms with Gasteiger partial charge in [0.15, 0.2) is 0 Å². The number of fused-ring (bicyclic) bond motifs is 3. The molecule has 0 amide bonds. The highest BCUT2D eigenvalue weighted by Gasteiger charge is 2.17. The van der Waals surface area contributed by atoms with Crippen molar-refractivity contribution in [3.8, 4) is 22.4 Å². The molecule has 0 N–H and O–H groups in total. The molecule has 0 bridgehead atoms. The van der Waals surface area contributed by atoms with Gasteiger partial charge in [0.2, 0.25) is 0 Å². The highest BCUT2D eigenvalue weighted by molar-refractivity contribution is 5.97. The van der Waals surface area contributed by atoms with Gasteiger partial charge in [-0.25, -0.2) is 4.52 Å². The standard InChI is InChI=1S/C46H33N5/c1-5-15-37(16-6-1)49(38-17-7-2-8-18-38)41-29-24-34(25-30-41)43-23-13-14-36-28-33-44-45(47-48-51(44)46(36)43)35-26-31-42(32-27-35)50(39-19-9-3-10-20-39)40-21-11-4-12-22-40/h1-33H. The summed E-state index contributed by atoms with van der Waals surface area (Å²) in [6, 6.07) is 69.9. The number of pyridine rings is 1. The number of para-hydroxylation sites is 5. The first-order valence-electron chi connectivity index (χ1n) is 17.1. The van der Waals surface area contributed by atoms with Crippen molar-refractivity contribution in [2.24, 2.45) is 0 Å². The van der Waals surface area contributed by atoms with Crippen LogP contribution in [0.2, 0.25) is 0 Å². The molecule has 0 saturated carbocycles. The summed E-state index contributed by atoms with van der Waals surface area (Å²) >= 11 is 0. The lowest BCUT2D eigenvalue weighted by molar-refractivity contribution is 0.884. The summed E-state index contributed by atoms with van der Waals surface area (Å²) in [5.74, 6) is 0. The molecule has 0 fully saturated rings. The predicted octanol–water partition coefficient (Wildman–Crippen LogP) is 12.2. The highest BCUT2D eigenvalue weighted by atomic mass is 15.4. The van der Waals surface area contributed by atoms with Crippen molar-refractivity contribution < 1.29 is 0 Å². The fourth-order valence-electron chi connectivity index (χ4n) is 6.90. The molecule has 242 valence electrons. The minimum absolute atomic E-state index is 0.848. The molecule has 5 nitrogen and oxygen atoms in total. The second-order valence-corrected chi connectivity index (χ2v) is 12.4. The minimum Gasteiger partial charge on any atom is -0.311 e. The molecule has 5 heteroatoms. The summed E-state index contributed by atoms with van der Waals surface area (Å²) in [6.07, 6.45) is 0. The number of hydrogen-bond acceptors (Lipinski definition) is 4. The zero-order valence-corrected chi connectivity index (χ0v) is 27.8. The minimum atomic E-state index is 0.848. The van der Waals surface area contributed by atoms with E-state index in [2.05, 4.69) is 186 Å². The van der Waals surface area contributed by atoms with Crippen LogP contribution in [0.25, 0.3) is 38.8 Å². The van der Waals surface area contributed by atoms with E-state index in [1.807, 2.05) is 28.8 Å². The Morgan fingerprint density at radius 3 is 1.25 bits per heavy atom. The van der Waals surface area contributed by atoms with Crippen LogP contribution in [0, 0.1) is 0 Å². The van der Waals surface area contributed by atoms with Gasteiger partial charge in [-0.3, -0.25) is 0 Å². The molecule has 9 rings (SSSR count). The number of aromatic nitrogens is 3. The summed E-state index contributed by atoms with van der Waals surface area (Å²) in [4.78, 5) is 4.54. The quantitative estimate of drug-likeness (QED) is 0.163. The van der Waals surface area contributed by atoms with Crippen LogP contribution in [0.1, 0.15) is 0 Å². The van der Waals surface area contributed by atoms with Crippen molar-refractivity contribution in [3.63, 3.8) is 0 Å². The molecule has 7 aromatic carbocycles. The van der Waals surface area contributed by atoms with Gasteiger partial charge < -0.3 is 9.80 Å². The van der Waals surface area contributed by atoms with Crippen LogP contribution >= 0.6 is 0 Å². The van der Waals surface area contributed by atoms with E-state index < -0.39 is 0 Å². The Labute approximate surface area is 296 Å². The van der Waals surface area contributed by atoms with E-state index in [1.165, 1.54) is 0 Å². The van der Waals surface area contributed by atoms with Gasteiger partial charge in [0, 0.05) is 50.6 Å². The molecule has 0 atom stereocenters. The molecule has 0 aliphatic carbocycles. The van der Waals surface area contributed by atoms with Gasteiger partial charge in [-0.2, -0.15) is 0 Å². The fourth-order valence-corrected chi connectivity index (χ4v) is 6.90. The lowest BCUT2D eigenvalue weighted by Crippen LogP contribution is -2.09. The Bertz CT molecular complexity index is 2470. The first kappa shape index (κ1) is 30.1. The lowest BCUT2D eigenvalue weighted by atomic mass is 10.0. The number of benzene rings is 7. The van der Waals surface area contributed by atoms with Gasteiger partial charge in [0.1, 0.15) is 5.69 Å². The maximum atomic E-state index is 4.74. The van der Waals surface area contributed by atoms with Gasteiger partial charge in [-0.1, -0.05) is 127 Å². The van der Waals surface area contributed by atoms with E-state index >= 15 is 0 Å². The van der Waals surface area contributed by atoms with Crippen molar-refractivity contribution in [2.75, 3.05) is 9.80 Å². The maximum absolute atomic E-state index is 4.74. The number of rotatable bonds is 8. The van der Waals surface area contributed by atoms with Gasteiger partial charge in [0.25, 0.3) is 0 Å². The third-order valence-corrected chi connectivity index (χ3v) is 9.30. The van der Waals surface area contributed by atoms with Crippen LogP contribution in [-0.4, -0.2) is 14.8 Å². The monoisotopic (exact) mass is 655 g/mol. The summed E-state index contributed by atoms with van der Waals surface area (Å²) in [5.41, 5.74) is 12.6. The Kier molecular flexibility index (Phi) is 7.76. The topological polar surface area (TPSA) is 36.7 Å². The van der Waals surface area contributed by atoms with E-state index in [9.17, 15) is 0 Å². The maximum Gasteiger partial charge on any atom is 0.120 e. The molecule has 51 heavy (non-hydrogen) atoms. The van der Waals surface area contributed by atoms with Crippen LogP contribution in [0.5, 0.6) is 0 Å². The van der Waals surface area contributed by atoms with Crippen LogP contribution < -0.4 is 9.80 Å². The van der Waals surface area contributed by atoms with Crippen molar-refractivity contribution in [1.29, 1.82) is 0 Å². The third-order valence-electron chi connectivity index (χ3n) is 9.30.